The quantitative estimate of drug-likeness (QED) is 0.197. The zero-order chi connectivity index (χ0) is 29.5. The Labute approximate surface area is 236 Å². The number of rotatable bonds is 21. The first-order valence-electron chi connectivity index (χ1n) is 14.0. The maximum atomic E-state index is 5.93. The van der Waals surface area contributed by atoms with Crippen LogP contribution in [0.4, 0.5) is 17.8 Å². The summed E-state index contributed by atoms with van der Waals surface area (Å²) in [6, 6.07) is 0. The molecule has 39 heavy (non-hydrogen) atoms. The lowest BCUT2D eigenvalue weighted by Gasteiger charge is -2.30. The van der Waals surface area contributed by atoms with Crippen molar-refractivity contribution in [3.63, 3.8) is 0 Å². The summed E-state index contributed by atoms with van der Waals surface area (Å²) in [6.45, 7) is 25.2. The third kappa shape index (κ3) is 15.5. The molecule has 0 atom stereocenters. The summed E-state index contributed by atoms with van der Waals surface area (Å²) in [6.07, 6.45) is 0.0727. The largest absolute Gasteiger partial charge is 0.358 e. The Balaban J connectivity index is 3.61. The summed E-state index contributed by atoms with van der Waals surface area (Å²) in [5, 5.41) is 0. The molecule has 0 unspecified atom stereocenters. The van der Waals surface area contributed by atoms with Crippen LogP contribution in [0.5, 0.6) is 0 Å². The summed E-state index contributed by atoms with van der Waals surface area (Å²) in [7, 11) is 0. The first-order valence-corrected chi connectivity index (χ1v) is 14.0. The molecular weight excluding hydrogens is 504 g/mol. The Morgan fingerprint density at radius 2 is 0.513 bits per heavy atom. The summed E-state index contributed by atoms with van der Waals surface area (Å²) >= 11 is 0. The zero-order valence-electron chi connectivity index (χ0n) is 26.3. The first kappa shape index (κ1) is 35.2. The fourth-order valence-electron chi connectivity index (χ4n) is 2.66. The normalized spacial score (nSPS) is 12.2. The predicted octanol–water partition coefficient (Wildman–Crippen LogP) is 4.59. The van der Waals surface area contributed by atoms with Gasteiger partial charge < -0.3 is 28.4 Å². The number of nitrogens with zero attached hydrogens (tertiary/aromatic N) is 6. The van der Waals surface area contributed by atoms with Crippen molar-refractivity contribution < 1.29 is 28.4 Å². The molecule has 1 rings (SSSR count). The van der Waals surface area contributed by atoms with Crippen molar-refractivity contribution >= 4 is 17.8 Å². The van der Waals surface area contributed by atoms with Crippen LogP contribution in [-0.2, 0) is 28.4 Å². The lowest BCUT2D eigenvalue weighted by Crippen LogP contribution is -2.38. The van der Waals surface area contributed by atoms with E-state index in [2.05, 4.69) is 0 Å². The van der Waals surface area contributed by atoms with Crippen LogP contribution in [0.3, 0.4) is 0 Å². The van der Waals surface area contributed by atoms with Gasteiger partial charge in [-0.2, -0.15) is 15.0 Å². The van der Waals surface area contributed by atoms with Gasteiger partial charge in [0.2, 0.25) is 17.8 Å². The molecule has 0 aliphatic carbocycles. The molecule has 1 aromatic rings. The molecule has 228 valence electrons. The van der Waals surface area contributed by atoms with Crippen molar-refractivity contribution in [2.24, 2.45) is 0 Å². The molecule has 0 aliphatic heterocycles. The van der Waals surface area contributed by atoms with Crippen molar-refractivity contribution in [1.82, 2.24) is 15.0 Å². The predicted molar refractivity (Wildman–Crippen MR) is 154 cm³/mol. The molecule has 0 bridgehead atoms. The Bertz CT molecular complexity index is 633. The van der Waals surface area contributed by atoms with Gasteiger partial charge in [-0.3, -0.25) is 14.7 Å². The van der Waals surface area contributed by atoms with E-state index < -0.39 is 0 Å². The molecule has 0 fully saturated rings. The van der Waals surface area contributed by atoms with E-state index in [1.165, 1.54) is 0 Å². The molecule has 12 nitrogen and oxygen atoms in total. The Morgan fingerprint density at radius 1 is 0.359 bits per heavy atom. The van der Waals surface area contributed by atoms with Crippen LogP contribution in [0.25, 0.3) is 0 Å². The summed E-state index contributed by atoms with van der Waals surface area (Å²) in [4.78, 5) is 20.0. The van der Waals surface area contributed by atoms with Crippen molar-refractivity contribution in [1.29, 1.82) is 0 Å². The van der Waals surface area contributed by atoms with Gasteiger partial charge in [-0.25, -0.2) is 0 Å². The van der Waals surface area contributed by atoms with E-state index in [1.807, 2.05) is 97.8 Å². The molecule has 0 N–H and O–H groups in total. The molecule has 0 saturated heterocycles. The minimum Gasteiger partial charge on any atom is -0.358 e. The highest BCUT2D eigenvalue weighted by atomic mass is 16.5. The SMILES string of the molecule is CC(C)OCN(COC(C)C)c1nc(N(COC(C)C)COC(C)C)nc(N(COC(C)C)COC(C)C)n1. The molecule has 0 amide bonds. The number of ether oxygens (including phenoxy) is 6. The highest BCUT2D eigenvalue weighted by Crippen LogP contribution is 2.21. The smallest absolute Gasteiger partial charge is 0.235 e. The Morgan fingerprint density at radius 3 is 0.641 bits per heavy atom. The lowest BCUT2D eigenvalue weighted by atomic mass is 10.5. The fraction of sp³-hybridized carbons (Fsp3) is 0.889. The van der Waals surface area contributed by atoms with E-state index in [0.717, 1.165) is 0 Å². The molecule has 12 heteroatoms. The molecule has 0 radical (unpaired) electrons. The number of hydrogen-bond donors (Lipinski definition) is 0. The first-order chi connectivity index (χ1) is 18.3. The maximum Gasteiger partial charge on any atom is 0.235 e. The average molecular weight is 559 g/mol. The van der Waals surface area contributed by atoms with Gasteiger partial charge in [0.15, 0.2) is 0 Å². The van der Waals surface area contributed by atoms with Crippen molar-refractivity contribution in [2.45, 2.75) is 120 Å². The average Bonchev–Trinajstić information content (AvgIpc) is 2.82. The fourth-order valence-corrected chi connectivity index (χ4v) is 2.66. The molecule has 0 aliphatic rings. The summed E-state index contributed by atoms with van der Waals surface area (Å²) < 4.78 is 35.6. The van der Waals surface area contributed by atoms with Gasteiger partial charge in [0.25, 0.3) is 0 Å². The van der Waals surface area contributed by atoms with E-state index in [9.17, 15) is 0 Å². The van der Waals surface area contributed by atoms with Gasteiger partial charge in [-0.15, -0.1) is 0 Å². The number of anilines is 3. The van der Waals surface area contributed by atoms with Gasteiger partial charge in [0, 0.05) is 0 Å². The molecular formula is C27H54N6O6. The second kappa shape index (κ2) is 18.5. The van der Waals surface area contributed by atoms with Gasteiger partial charge in [-0.05, 0) is 83.1 Å². The van der Waals surface area contributed by atoms with E-state index in [0.29, 0.717) is 17.8 Å². The lowest BCUT2D eigenvalue weighted by molar-refractivity contribution is 0.0321. The maximum absolute atomic E-state index is 5.93. The van der Waals surface area contributed by atoms with Crippen LogP contribution in [0.2, 0.25) is 0 Å². The zero-order valence-corrected chi connectivity index (χ0v) is 26.3. The van der Waals surface area contributed by atoms with E-state index in [-0.39, 0.29) is 77.0 Å². The molecule has 1 aromatic heterocycles. The summed E-state index contributed by atoms with van der Waals surface area (Å²) in [5.74, 6) is 1.19. The third-order valence-corrected chi connectivity index (χ3v) is 4.83. The molecule has 0 saturated carbocycles. The Kier molecular flexibility index (Phi) is 16.7. The second-order valence-corrected chi connectivity index (χ2v) is 10.9. The Hall–Kier alpha value is -1.83. The minimum atomic E-state index is 0.0121. The van der Waals surface area contributed by atoms with Crippen LogP contribution in [0, 0.1) is 0 Å². The van der Waals surface area contributed by atoms with Gasteiger partial charge >= 0.3 is 0 Å². The molecule has 1 heterocycles. The van der Waals surface area contributed by atoms with Crippen molar-refractivity contribution in [2.75, 3.05) is 55.1 Å². The van der Waals surface area contributed by atoms with Gasteiger partial charge in [0.05, 0.1) is 36.6 Å². The van der Waals surface area contributed by atoms with E-state index in [1.54, 1.807) is 0 Å². The van der Waals surface area contributed by atoms with Crippen LogP contribution >= 0.6 is 0 Å². The van der Waals surface area contributed by atoms with Crippen LogP contribution in [0.1, 0.15) is 83.1 Å². The highest BCUT2D eigenvalue weighted by Gasteiger charge is 2.23. The summed E-state index contributed by atoms with van der Waals surface area (Å²) in [5.41, 5.74) is 0. The topological polar surface area (TPSA) is 104 Å². The minimum absolute atomic E-state index is 0.0121. The number of hydrogen-bond acceptors (Lipinski definition) is 12. The van der Waals surface area contributed by atoms with Crippen LogP contribution in [0.15, 0.2) is 0 Å². The van der Waals surface area contributed by atoms with Crippen LogP contribution < -0.4 is 14.7 Å². The van der Waals surface area contributed by atoms with E-state index >= 15 is 0 Å². The third-order valence-electron chi connectivity index (χ3n) is 4.83. The molecule has 0 spiro atoms. The van der Waals surface area contributed by atoms with Crippen molar-refractivity contribution in [3.8, 4) is 0 Å². The van der Waals surface area contributed by atoms with Crippen LogP contribution in [-0.4, -0.2) is 92.0 Å². The standard InChI is InChI=1S/C27H54N6O6/c1-19(2)34-13-31(14-35-20(3)4)25-28-26(32(15-36-21(5)6)16-37-22(7)8)30-27(29-25)33(17-38-23(9)10)18-39-24(11)12/h19-24H,13-18H2,1-12H3. The van der Waals surface area contributed by atoms with Crippen molar-refractivity contribution in [3.05, 3.63) is 0 Å². The van der Waals surface area contributed by atoms with E-state index in [4.69, 9.17) is 43.4 Å². The highest BCUT2D eigenvalue weighted by molar-refractivity contribution is 5.45. The monoisotopic (exact) mass is 558 g/mol. The number of aromatic nitrogens is 3. The molecule has 0 aromatic carbocycles. The second-order valence-electron chi connectivity index (χ2n) is 10.9. The van der Waals surface area contributed by atoms with Gasteiger partial charge in [0.1, 0.15) is 40.4 Å². The van der Waals surface area contributed by atoms with Gasteiger partial charge in [-0.1, -0.05) is 0 Å².